The number of methoxy groups -OCH3 is 1. The van der Waals surface area contributed by atoms with E-state index in [-0.39, 0.29) is 25.7 Å². The number of likely N-dealkylation sites (tertiary alicyclic amines) is 1. The first-order chi connectivity index (χ1) is 12.0. The topological polar surface area (TPSA) is 85.3 Å². The van der Waals surface area contributed by atoms with Crippen LogP contribution in [0.25, 0.3) is 0 Å². The van der Waals surface area contributed by atoms with Crippen LogP contribution in [0.15, 0.2) is 24.3 Å². The number of aliphatic carboxylic acids is 1. The molecule has 1 N–H and O–H groups in total. The Labute approximate surface area is 147 Å². The molecule has 0 aliphatic carbocycles. The largest absolute Gasteiger partial charge is 0.494 e. The number of hydrogen-bond acceptors (Lipinski definition) is 5. The van der Waals surface area contributed by atoms with Crippen molar-refractivity contribution in [3.8, 4) is 11.5 Å². The van der Waals surface area contributed by atoms with Crippen LogP contribution < -0.4 is 9.47 Å². The SMILES string of the molecule is CCOc1ccc(OCC(=O)N2CCCC(COC)(C(=O)O)C2)cc1. The van der Waals surface area contributed by atoms with E-state index in [0.717, 1.165) is 5.75 Å². The normalized spacial score (nSPS) is 20.2. The van der Waals surface area contributed by atoms with Gasteiger partial charge in [0.05, 0.1) is 13.2 Å². The molecule has 0 aromatic heterocycles. The van der Waals surface area contributed by atoms with Gasteiger partial charge >= 0.3 is 5.97 Å². The van der Waals surface area contributed by atoms with E-state index in [9.17, 15) is 14.7 Å². The molecule has 1 aliphatic rings. The average Bonchev–Trinajstić information content (AvgIpc) is 2.61. The molecule has 1 amide bonds. The zero-order chi connectivity index (χ0) is 18.3. The highest BCUT2D eigenvalue weighted by molar-refractivity contribution is 5.80. The maximum Gasteiger partial charge on any atom is 0.313 e. The molecule has 1 aliphatic heterocycles. The van der Waals surface area contributed by atoms with E-state index < -0.39 is 11.4 Å². The van der Waals surface area contributed by atoms with Crippen molar-refractivity contribution in [1.82, 2.24) is 4.90 Å². The molecule has 138 valence electrons. The minimum absolute atomic E-state index is 0.0891. The second-order valence-corrected chi connectivity index (χ2v) is 6.13. The molecular formula is C18H25NO6. The lowest BCUT2D eigenvalue weighted by molar-refractivity contribution is -0.159. The predicted octanol–water partition coefficient (Wildman–Crippen LogP) is 1.80. The molecule has 1 saturated heterocycles. The lowest BCUT2D eigenvalue weighted by atomic mass is 9.80. The second-order valence-electron chi connectivity index (χ2n) is 6.13. The molecule has 1 unspecified atom stereocenters. The number of nitrogens with zero attached hydrogens (tertiary/aromatic N) is 1. The van der Waals surface area contributed by atoms with E-state index in [1.165, 1.54) is 7.11 Å². The van der Waals surface area contributed by atoms with Crippen LogP contribution in [0.5, 0.6) is 11.5 Å². The van der Waals surface area contributed by atoms with Gasteiger partial charge in [0.1, 0.15) is 16.9 Å². The first-order valence-electron chi connectivity index (χ1n) is 8.36. The Balaban J connectivity index is 1.92. The van der Waals surface area contributed by atoms with Crippen molar-refractivity contribution in [3.05, 3.63) is 24.3 Å². The standard InChI is InChI=1S/C18H25NO6/c1-3-24-14-5-7-15(8-6-14)25-11-16(20)19-10-4-9-18(12-19,13-23-2)17(21)22/h5-8H,3-4,9-13H2,1-2H3,(H,21,22). The molecule has 1 aromatic carbocycles. The van der Waals surface area contributed by atoms with Gasteiger partial charge in [-0.15, -0.1) is 0 Å². The molecule has 0 radical (unpaired) electrons. The minimum Gasteiger partial charge on any atom is -0.494 e. The van der Waals surface area contributed by atoms with Gasteiger partial charge in [-0.3, -0.25) is 9.59 Å². The first-order valence-corrected chi connectivity index (χ1v) is 8.36. The second kappa shape index (κ2) is 8.71. The highest BCUT2D eigenvalue weighted by atomic mass is 16.5. The summed E-state index contributed by atoms with van der Waals surface area (Å²) in [6.45, 7) is 3.12. The van der Waals surface area contributed by atoms with E-state index in [1.807, 2.05) is 6.92 Å². The number of piperidine rings is 1. The van der Waals surface area contributed by atoms with Crippen molar-refractivity contribution in [2.45, 2.75) is 19.8 Å². The van der Waals surface area contributed by atoms with E-state index in [4.69, 9.17) is 14.2 Å². The molecule has 7 heteroatoms. The average molecular weight is 351 g/mol. The van der Waals surface area contributed by atoms with E-state index >= 15 is 0 Å². The predicted molar refractivity (Wildman–Crippen MR) is 90.9 cm³/mol. The van der Waals surface area contributed by atoms with Gasteiger partial charge in [-0.2, -0.15) is 0 Å². The van der Waals surface area contributed by atoms with Crippen LogP contribution in [0.1, 0.15) is 19.8 Å². The molecule has 0 spiro atoms. The van der Waals surface area contributed by atoms with Crippen LogP contribution in [0, 0.1) is 5.41 Å². The number of carbonyl (C=O) groups is 2. The number of carbonyl (C=O) groups excluding carboxylic acids is 1. The number of carboxylic acid groups (broad SMARTS) is 1. The number of hydrogen-bond donors (Lipinski definition) is 1. The number of amides is 1. The summed E-state index contributed by atoms with van der Waals surface area (Å²) in [6, 6.07) is 7.03. The van der Waals surface area contributed by atoms with Gasteiger partial charge in [-0.1, -0.05) is 0 Å². The van der Waals surface area contributed by atoms with Crippen LogP contribution >= 0.6 is 0 Å². The van der Waals surface area contributed by atoms with Crippen LogP contribution in [0.3, 0.4) is 0 Å². The highest BCUT2D eigenvalue weighted by Gasteiger charge is 2.43. The van der Waals surface area contributed by atoms with Gasteiger partial charge < -0.3 is 24.2 Å². The third-order valence-electron chi connectivity index (χ3n) is 4.30. The fraction of sp³-hybridized carbons (Fsp3) is 0.556. The number of rotatable bonds is 8. The Hall–Kier alpha value is -2.28. The molecule has 0 saturated carbocycles. The Morgan fingerprint density at radius 3 is 2.40 bits per heavy atom. The van der Waals surface area contributed by atoms with Crippen molar-refractivity contribution >= 4 is 11.9 Å². The highest BCUT2D eigenvalue weighted by Crippen LogP contribution is 2.31. The van der Waals surface area contributed by atoms with Crippen LogP contribution in [-0.2, 0) is 14.3 Å². The lowest BCUT2D eigenvalue weighted by Gasteiger charge is -2.39. The first kappa shape index (κ1) is 19.1. The smallest absolute Gasteiger partial charge is 0.313 e. The van der Waals surface area contributed by atoms with Gasteiger partial charge in [0.25, 0.3) is 5.91 Å². The summed E-state index contributed by atoms with van der Waals surface area (Å²) in [4.78, 5) is 25.6. The van der Waals surface area contributed by atoms with E-state index in [2.05, 4.69) is 0 Å². The quantitative estimate of drug-likeness (QED) is 0.769. The minimum atomic E-state index is -1.04. The number of carboxylic acids is 1. The van der Waals surface area contributed by atoms with Gasteiger partial charge in [0.15, 0.2) is 6.61 Å². The van der Waals surface area contributed by atoms with Gasteiger partial charge in [0, 0.05) is 20.2 Å². The number of benzene rings is 1. The summed E-state index contributed by atoms with van der Waals surface area (Å²) in [5.74, 6) is 0.146. The summed E-state index contributed by atoms with van der Waals surface area (Å²) in [5.41, 5.74) is -1.04. The third kappa shape index (κ3) is 4.85. The molecule has 7 nitrogen and oxygen atoms in total. The number of ether oxygens (including phenoxy) is 3. The molecule has 2 rings (SSSR count). The maximum absolute atomic E-state index is 12.4. The summed E-state index contributed by atoms with van der Waals surface area (Å²) < 4.78 is 15.9. The zero-order valence-electron chi connectivity index (χ0n) is 14.7. The van der Waals surface area contributed by atoms with Crippen molar-refractivity contribution < 1.29 is 28.9 Å². The third-order valence-corrected chi connectivity index (χ3v) is 4.30. The molecule has 0 bridgehead atoms. The van der Waals surface area contributed by atoms with Crippen LogP contribution in [0.2, 0.25) is 0 Å². The Morgan fingerprint density at radius 2 is 1.84 bits per heavy atom. The van der Waals surface area contributed by atoms with Crippen molar-refractivity contribution in [2.75, 3.05) is 40.0 Å². The van der Waals surface area contributed by atoms with Crippen molar-refractivity contribution in [3.63, 3.8) is 0 Å². The molecule has 1 atom stereocenters. The molecule has 1 fully saturated rings. The summed E-state index contributed by atoms with van der Waals surface area (Å²) >= 11 is 0. The van der Waals surface area contributed by atoms with Crippen molar-refractivity contribution in [2.24, 2.45) is 5.41 Å². The van der Waals surface area contributed by atoms with Crippen LogP contribution in [-0.4, -0.2) is 61.9 Å². The molecule has 25 heavy (non-hydrogen) atoms. The zero-order valence-corrected chi connectivity index (χ0v) is 14.7. The van der Waals surface area contributed by atoms with Gasteiger partial charge in [0.2, 0.25) is 0 Å². The van der Waals surface area contributed by atoms with E-state index in [0.29, 0.717) is 31.7 Å². The monoisotopic (exact) mass is 351 g/mol. The van der Waals surface area contributed by atoms with Crippen molar-refractivity contribution in [1.29, 1.82) is 0 Å². The molecule has 1 aromatic rings. The molecule has 1 heterocycles. The van der Waals surface area contributed by atoms with E-state index in [1.54, 1.807) is 29.2 Å². The Morgan fingerprint density at radius 1 is 1.20 bits per heavy atom. The Bertz CT molecular complexity index is 584. The Kier molecular flexibility index (Phi) is 6.64. The van der Waals surface area contributed by atoms with Crippen LogP contribution in [0.4, 0.5) is 0 Å². The van der Waals surface area contributed by atoms with Gasteiger partial charge in [-0.05, 0) is 44.0 Å². The lowest BCUT2D eigenvalue weighted by Crippen LogP contribution is -2.53. The fourth-order valence-electron chi connectivity index (χ4n) is 3.01. The summed E-state index contributed by atoms with van der Waals surface area (Å²) in [7, 11) is 1.47. The fourth-order valence-corrected chi connectivity index (χ4v) is 3.01. The molecular weight excluding hydrogens is 326 g/mol. The van der Waals surface area contributed by atoms with Gasteiger partial charge in [-0.25, -0.2) is 0 Å². The maximum atomic E-state index is 12.4. The summed E-state index contributed by atoms with van der Waals surface area (Å²) in [6.07, 6.45) is 1.13. The summed E-state index contributed by atoms with van der Waals surface area (Å²) in [5, 5.41) is 9.54.